The monoisotopic (exact) mass is 210 g/mol. The fourth-order valence-corrected chi connectivity index (χ4v) is 0. The van der Waals surface area contributed by atoms with Crippen LogP contribution in [-0.4, -0.2) is 21.9 Å². The molecule has 0 radical (unpaired) electrons. The quantitative estimate of drug-likeness (QED) is 0.490. The Morgan fingerprint density at radius 3 is 0.600 bits per heavy atom. The minimum absolute atomic E-state index is 0. The van der Waals surface area contributed by atoms with E-state index in [2.05, 4.69) is 0 Å². The minimum atomic E-state index is 0. The molecule has 5 N–H and O–H groups in total. The van der Waals surface area contributed by atoms with Crippen molar-refractivity contribution >= 4 is 0 Å². The molecule has 0 rings (SSSR count). The molecule has 0 aliphatic carbocycles. The summed E-state index contributed by atoms with van der Waals surface area (Å²) in [7, 11) is 0. The van der Waals surface area contributed by atoms with Gasteiger partial charge in [0.15, 0.2) is 0 Å². The predicted molar refractivity (Wildman–Crippen MR) is 9.42 cm³/mol. The maximum absolute atomic E-state index is 0. The summed E-state index contributed by atoms with van der Waals surface area (Å²) in [6.07, 6.45) is 0. The van der Waals surface area contributed by atoms with Crippen LogP contribution in [0.15, 0.2) is 0 Å². The second-order valence-electron chi connectivity index (χ2n) is 0. The first kappa shape index (κ1) is 116. The van der Waals surface area contributed by atoms with E-state index < -0.39 is 0 Å². The first-order chi connectivity index (χ1) is 0. The van der Waals surface area contributed by atoms with Crippen molar-refractivity contribution in [3.8, 4) is 0 Å². The van der Waals surface area contributed by atoms with Crippen molar-refractivity contribution in [2.24, 2.45) is 0 Å². The molecule has 32 valence electrons. The number of hydrogen-bond acceptors (Lipinski definition) is 3. The fourth-order valence-electron chi connectivity index (χ4n) is 0. The third-order valence-electron chi connectivity index (χ3n) is 0. The molecule has 0 aromatic carbocycles. The van der Waals surface area contributed by atoms with E-state index in [0.717, 1.165) is 0 Å². The van der Waals surface area contributed by atoms with Gasteiger partial charge in [0.2, 0.25) is 0 Å². The Kier molecular flexibility index (Phi) is 1470. The SMILES string of the molecule is O.[OH-].[OH-].[OH-].[Pr+3]. The topological polar surface area (TPSA) is 122 Å². The zero-order chi connectivity index (χ0) is 0. The van der Waals surface area contributed by atoms with Crippen LogP contribution in [0, 0.1) is 41.3 Å². The van der Waals surface area contributed by atoms with Crippen molar-refractivity contribution < 1.29 is 63.2 Å². The summed E-state index contributed by atoms with van der Waals surface area (Å²) in [5.41, 5.74) is 0. The van der Waals surface area contributed by atoms with Crippen molar-refractivity contribution in [2.45, 2.75) is 0 Å². The molecule has 0 saturated heterocycles. The van der Waals surface area contributed by atoms with E-state index in [4.69, 9.17) is 0 Å². The largest absolute Gasteiger partial charge is 3.00 e. The van der Waals surface area contributed by atoms with Crippen LogP contribution in [-0.2, 0) is 0 Å². The maximum atomic E-state index is 0. The van der Waals surface area contributed by atoms with Crippen molar-refractivity contribution in [3.63, 3.8) is 0 Å². The Hall–Kier alpha value is 1.20. The molecule has 0 saturated carbocycles. The van der Waals surface area contributed by atoms with E-state index in [1.54, 1.807) is 0 Å². The van der Waals surface area contributed by atoms with Crippen molar-refractivity contribution in [1.29, 1.82) is 0 Å². The van der Waals surface area contributed by atoms with Gasteiger partial charge < -0.3 is 21.9 Å². The minimum Gasteiger partial charge on any atom is -0.870 e. The molecule has 0 heterocycles. The molecular formula is H5O4Pr. The van der Waals surface area contributed by atoms with Gasteiger partial charge >= 0.3 is 41.3 Å². The van der Waals surface area contributed by atoms with Gasteiger partial charge in [-0.25, -0.2) is 0 Å². The Morgan fingerprint density at radius 1 is 0.600 bits per heavy atom. The summed E-state index contributed by atoms with van der Waals surface area (Å²) < 4.78 is 0. The van der Waals surface area contributed by atoms with Crippen molar-refractivity contribution in [2.75, 3.05) is 0 Å². The summed E-state index contributed by atoms with van der Waals surface area (Å²) in [5, 5.41) is 0. The summed E-state index contributed by atoms with van der Waals surface area (Å²) in [5.74, 6) is 0. The van der Waals surface area contributed by atoms with Gasteiger partial charge in [0.1, 0.15) is 0 Å². The van der Waals surface area contributed by atoms with Crippen LogP contribution in [0.2, 0.25) is 0 Å². The van der Waals surface area contributed by atoms with Crippen LogP contribution < -0.4 is 0 Å². The van der Waals surface area contributed by atoms with Crippen molar-refractivity contribution in [1.82, 2.24) is 0 Å². The molecule has 0 unspecified atom stereocenters. The van der Waals surface area contributed by atoms with Gasteiger partial charge in [-0.05, 0) is 0 Å². The molecular weight excluding hydrogens is 205 g/mol. The van der Waals surface area contributed by atoms with Crippen LogP contribution in [0.3, 0.4) is 0 Å². The second-order valence-corrected chi connectivity index (χ2v) is 0. The second kappa shape index (κ2) is 63.5. The van der Waals surface area contributed by atoms with Gasteiger partial charge in [0, 0.05) is 0 Å². The van der Waals surface area contributed by atoms with Gasteiger partial charge in [-0.15, -0.1) is 0 Å². The summed E-state index contributed by atoms with van der Waals surface area (Å²) in [4.78, 5) is 0. The molecule has 0 amide bonds. The van der Waals surface area contributed by atoms with Gasteiger partial charge in [-0.1, -0.05) is 0 Å². The molecule has 4 nitrogen and oxygen atoms in total. The zero-order valence-corrected chi connectivity index (χ0v) is 6.12. The van der Waals surface area contributed by atoms with Gasteiger partial charge in [-0.3, -0.25) is 0 Å². The van der Waals surface area contributed by atoms with E-state index in [-0.39, 0.29) is 63.2 Å². The summed E-state index contributed by atoms with van der Waals surface area (Å²) in [6.45, 7) is 0. The maximum Gasteiger partial charge on any atom is 3.00 e. The van der Waals surface area contributed by atoms with E-state index in [9.17, 15) is 0 Å². The van der Waals surface area contributed by atoms with Crippen LogP contribution in [0.1, 0.15) is 0 Å². The summed E-state index contributed by atoms with van der Waals surface area (Å²) >= 11 is 0. The third kappa shape index (κ3) is 36.9. The van der Waals surface area contributed by atoms with Crippen LogP contribution >= 0.6 is 0 Å². The molecule has 0 fully saturated rings. The Balaban J connectivity index is 0. The molecule has 0 bridgehead atoms. The average Bonchev–Trinajstić information content (AvgIpc) is 0. The molecule has 0 spiro atoms. The first-order valence-corrected chi connectivity index (χ1v) is 0. The van der Waals surface area contributed by atoms with Gasteiger partial charge in [-0.2, -0.15) is 0 Å². The fraction of sp³-hybridized carbons (Fsp3) is 0. The molecule has 5 heteroatoms. The molecule has 0 atom stereocenters. The molecule has 0 aromatic heterocycles. The van der Waals surface area contributed by atoms with Gasteiger partial charge in [0.05, 0.1) is 0 Å². The van der Waals surface area contributed by atoms with E-state index >= 15 is 0 Å². The standard InChI is InChI=1S/4H2O.Pr/h4*1H2;/q;;;;+3/p-3. The molecule has 0 aliphatic rings. The molecule has 0 aromatic rings. The molecule has 0 aliphatic heterocycles. The van der Waals surface area contributed by atoms with Crippen LogP contribution in [0.25, 0.3) is 0 Å². The van der Waals surface area contributed by atoms with Gasteiger partial charge in [0.25, 0.3) is 0 Å². The Morgan fingerprint density at radius 2 is 0.600 bits per heavy atom. The van der Waals surface area contributed by atoms with Crippen LogP contribution in [0.5, 0.6) is 0 Å². The third-order valence-corrected chi connectivity index (χ3v) is 0. The normalized spacial score (nSPS) is 0. The van der Waals surface area contributed by atoms with Crippen LogP contribution in [0.4, 0.5) is 0 Å². The van der Waals surface area contributed by atoms with E-state index in [1.165, 1.54) is 0 Å². The Bertz CT molecular complexity index is 3.61. The summed E-state index contributed by atoms with van der Waals surface area (Å²) in [6, 6.07) is 0. The number of rotatable bonds is 0. The Labute approximate surface area is 62.7 Å². The van der Waals surface area contributed by atoms with E-state index in [1.807, 2.05) is 0 Å². The molecule has 5 heavy (non-hydrogen) atoms. The number of hydrogen-bond donors (Lipinski definition) is 0. The zero-order valence-electron chi connectivity index (χ0n) is 2.42. The average molecular weight is 210 g/mol. The smallest absolute Gasteiger partial charge is 0.870 e. The van der Waals surface area contributed by atoms with Crippen molar-refractivity contribution in [3.05, 3.63) is 0 Å². The predicted octanol–water partition coefficient (Wildman–Crippen LogP) is -1.36. The first-order valence-electron chi connectivity index (χ1n) is 0. The van der Waals surface area contributed by atoms with E-state index in [0.29, 0.717) is 0 Å².